The lowest BCUT2D eigenvalue weighted by atomic mass is 9.85. The van der Waals surface area contributed by atoms with E-state index in [1.807, 2.05) is 19.1 Å². The number of unbranched alkanes of at least 4 members (excludes halogenated alkanes) is 1. The number of amides is 4. The number of hydrogen-bond donors (Lipinski definition) is 1. The number of imide groups is 1. The minimum atomic E-state index is -0.740. The van der Waals surface area contributed by atoms with E-state index in [0.717, 1.165) is 18.4 Å². The zero-order chi connectivity index (χ0) is 24.8. The summed E-state index contributed by atoms with van der Waals surface area (Å²) in [4.78, 5) is 54.2. The van der Waals surface area contributed by atoms with Crippen LogP contribution in [0.1, 0.15) is 51.5 Å². The summed E-state index contributed by atoms with van der Waals surface area (Å²) in [6, 6.07) is 4.32. The summed E-state index contributed by atoms with van der Waals surface area (Å²) < 4.78 is 0. The quantitative estimate of drug-likeness (QED) is 0.295. The lowest BCUT2D eigenvalue weighted by molar-refractivity contribution is -0.143. The molecule has 0 bridgehead atoms. The molecule has 1 heterocycles. The lowest BCUT2D eigenvalue weighted by Gasteiger charge is -2.29. The number of hydrogen-bond acceptors (Lipinski definition) is 4. The number of nitrogens with one attached hydrogen (secondary N) is 1. The van der Waals surface area contributed by atoms with Gasteiger partial charge in [0.05, 0.1) is 21.9 Å². The van der Waals surface area contributed by atoms with Crippen LogP contribution in [0.3, 0.4) is 0 Å². The molecule has 9 heteroatoms. The van der Waals surface area contributed by atoms with Gasteiger partial charge in [-0.2, -0.15) is 0 Å². The SMILES string of the molecule is CCCCNC(=O)[C@@H](C)N(Cc1ccc(Cl)c(Cl)c1)C(=O)CCN1C(=O)[C@H]2CC=CC[C@H]2C1=O. The molecule has 0 saturated carbocycles. The molecule has 0 spiro atoms. The fourth-order valence-electron chi connectivity index (χ4n) is 4.39. The Morgan fingerprint density at radius 3 is 2.35 bits per heavy atom. The van der Waals surface area contributed by atoms with Gasteiger partial charge in [0.25, 0.3) is 0 Å². The molecule has 1 aliphatic carbocycles. The van der Waals surface area contributed by atoms with Gasteiger partial charge in [-0.15, -0.1) is 0 Å². The Kier molecular flexibility index (Phi) is 9.14. The van der Waals surface area contributed by atoms with Crippen LogP contribution in [-0.4, -0.2) is 52.6 Å². The fourth-order valence-corrected chi connectivity index (χ4v) is 4.71. The van der Waals surface area contributed by atoms with Crippen molar-refractivity contribution in [3.8, 4) is 0 Å². The van der Waals surface area contributed by atoms with Gasteiger partial charge in [-0.05, 0) is 43.9 Å². The number of halogens is 2. The molecule has 2 aliphatic rings. The van der Waals surface area contributed by atoms with E-state index >= 15 is 0 Å². The van der Waals surface area contributed by atoms with Crippen molar-refractivity contribution in [2.45, 2.75) is 58.5 Å². The summed E-state index contributed by atoms with van der Waals surface area (Å²) in [7, 11) is 0. The normalized spacial score (nSPS) is 20.3. The summed E-state index contributed by atoms with van der Waals surface area (Å²) in [5.41, 5.74) is 0.723. The van der Waals surface area contributed by atoms with E-state index in [4.69, 9.17) is 23.2 Å². The zero-order valence-corrected chi connectivity index (χ0v) is 21.1. The maximum Gasteiger partial charge on any atom is 0.242 e. The smallest absolute Gasteiger partial charge is 0.242 e. The highest BCUT2D eigenvalue weighted by molar-refractivity contribution is 6.42. The van der Waals surface area contributed by atoms with Crippen molar-refractivity contribution >= 4 is 46.8 Å². The first-order chi connectivity index (χ1) is 16.2. The number of nitrogens with zero attached hydrogens (tertiary/aromatic N) is 2. The van der Waals surface area contributed by atoms with E-state index in [0.29, 0.717) is 29.4 Å². The maximum absolute atomic E-state index is 13.3. The first kappa shape index (κ1) is 26.2. The second-order valence-corrected chi connectivity index (χ2v) is 9.64. The number of rotatable bonds is 10. The molecule has 4 amide bonds. The summed E-state index contributed by atoms with van der Waals surface area (Å²) in [6.45, 7) is 4.38. The molecule has 1 fully saturated rings. The van der Waals surface area contributed by atoms with Gasteiger partial charge >= 0.3 is 0 Å². The van der Waals surface area contributed by atoms with Crippen LogP contribution in [0.2, 0.25) is 10.0 Å². The van der Waals surface area contributed by atoms with Crippen molar-refractivity contribution in [1.82, 2.24) is 15.1 Å². The molecular formula is C25H31Cl2N3O4. The Bertz CT molecular complexity index is 955. The van der Waals surface area contributed by atoms with Crippen molar-refractivity contribution in [3.63, 3.8) is 0 Å². The zero-order valence-electron chi connectivity index (χ0n) is 19.6. The molecule has 184 valence electrons. The molecule has 1 aromatic rings. The molecular weight excluding hydrogens is 477 g/mol. The second-order valence-electron chi connectivity index (χ2n) is 8.82. The predicted molar refractivity (Wildman–Crippen MR) is 131 cm³/mol. The van der Waals surface area contributed by atoms with E-state index in [1.165, 1.54) is 9.80 Å². The van der Waals surface area contributed by atoms with E-state index in [2.05, 4.69) is 5.32 Å². The molecule has 0 aromatic heterocycles. The van der Waals surface area contributed by atoms with Crippen LogP contribution in [0.4, 0.5) is 0 Å². The highest BCUT2D eigenvalue weighted by Gasteiger charge is 2.47. The topological polar surface area (TPSA) is 86.8 Å². The van der Waals surface area contributed by atoms with Crippen molar-refractivity contribution in [2.24, 2.45) is 11.8 Å². The predicted octanol–water partition coefficient (Wildman–Crippen LogP) is 3.97. The average molecular weight is 508 g/mol. The molecule has 1 saturated heterocycles. The Labute approximate surface area is 210 Å². The molecule has 1 aromatic carbocycles. The van der Waals surface area contributed by atoms with Crippen LogP contribution >= 0.6 is 23.2 Å². The average Bonchev–Trinajstić information content (AvgIpc) is 3.07. The van der Waals surface area contributed by atoms with Crippen molar-refractivity contribution < 1.29 is 19.2 Å². The minimum absolute atomic E-state index is 0.00550. The van der Waals surface area contributed by atoms with Crippen LogP contribution in [0.15, 0.2) is 30.4 Å². The molecule has 7 nitrogen and oxygen atoms in total. The van der Waals surface area contributed by atoms with Gasteiger partial charge in [0, 0.05) is 26.1 Å². The second kappa shape index (κ2) is 11.8. The lowest BCUT2D eigenvalue weighted by Crippen LogP contribution is -2.48. The number of carbonyl (C=O) groups is 4. The Hall–Kier alpha value is -2.38. The van der Waals surface area contributed by atoms with E-state index in [1.54, 1.807) is 25.1 Å². The molecule has 3 rings (SSSR count). The fraction of sp³-hybridized carbons (Fsp3) is 0.520. The van der Waals surface area contributed by atoms with E-state index in [9.17, 15) is 19.2 Å². The summed E-state index contributed by atoms with van der Waals surface area (Å²) >= 11 is 12.2. The third kappa shape index (κ3) is 5.99. The molecule has 1 N–H and O–H groups in total. The van der Waals surface area contributed by atoms with Crippen LogP contribution < -0.4 is 5.32 Å². The number of allylic oxidation sites excluding steroid dienone is 2. The summed E-state index contributed by atoms with van der Waals surface area (Å²) in [6.07, 6.45) is 6.69. The Morgan fingerprint density at radius 1 is 1.12 bits per heavy atom. The van der Waals surface area contributed by atoms with Gasteiger partial charge in [0.2, 0.25) is 23.6 Å². The third-order valence-electron chi connectivity index (χ3n) is 6.48. The van der Waals surface area contributed by atoms with Crippen LogP contribution in [0.5, 0.6) is 0 Å². The number of carbonyl (C=O) groups excluding carboxylic acids is 4. The molecule has 34 heavy (non-hydrogen) atoms. The molecule has 1 aliphatic heterocycles. The third-order valence-corrected chi connectivity index (χ3v) is 7.22. The monoisotopic (exact) mass is 507 g/mol. The summed E-state index contributed by atoms with van der Waals surface area (Å²) in [5, 5.41) is 3.62. The highest BCUT2D eigenvalue weighted by Crippen LogP contribution is 2.35. The van der Waals surface area contributed by atoms with Crippen LogP contribution in [0, 0.1) is 11.8 Å². The standard InChI is InChI=1S/C25H31Cl2N3O4/c1-3-4-12-28-23(32)16(2)30(15-17-9-10-20(26)21(27)14-17)22(31)11-13-29-24(33)18-7-5-6-8-19(18)25(29)34/h5-6,9-10,14,16,18-19H,3-4,7-8,11-13,15H2,1-2H3,(H,28,32)/t16-,18-,19+/m1/s1. The summed E-state index contributed by atoms with van der Waals surface area (Å²) in [5.74, 6) is -1.67. The molecule has 3 atom stereocenters. The van der Waals surface area contributed by atoms with Gasteiger partial charge in [0.15, 0.2) is 0 Å². The number of likely N-dealkylation sites (tertiary alicyclic amines) is 1. The van der Waals surface area contributed by atoms with Crippen molar-refractivity contribution in [1.29, 1.82) is 0 Å². The van der Waals surface area contributed by atoms with Gasteiger partial charge in [0.1, 0.15) is 6.04 Å². The molecule has 0 unspecified atom stereocenters. The number of benzene rings is 1. The van der Waals surface area contributed by atoms with E-state index < -0.39 is 6.04 Å². The van der Waals surface area contributed by atoms with Gasteiger partial charge in [-0.1, -0.05) is 54.8 Å². The van der Waals surface area contributed by atoms with Crippen molar-refractivity contribution in [2.75, 3.05) is 13.1 Å². The first-order valence-corrected chi connectivity index (χ1v) is 12.5. The van der Waals surface area contributed by atoms with Crippen molar-refractivity contribution in [3.05, 3.63) is 46.0 Å². The first-order valence-electron chi connectivity index (χ1n) is 11.8. The van der Waals surface area contributed by atoms with Gasteiger partial charge in [-0.25, -0.2) is 0 Å². The van der Waals surface area contributed by atoms with Crippen LogP contribution in [-0.2, 0) is 25.7 Å². The highest BCUT2D eigenvalue weighted by atomic mass is 35.5. The minimum Gasteiger partial charge on any atom is -0.354 e. The number of fused-ring (bicyclic) bond motifs is 1. The molecule has 0 radical (unpaired) electrons. The maximum atomic E-state index is 13.3. The Balaban J connectivity index is 1.71. The van der Waals surface area contributed by atoms with E-state index in [-0.39, 0.29) is 55.0 Å². The van der Waals surface area contributed by atoms with Crippen LogP contribution in [0.25, 0.3) is 0 Å². The van der Waals surface area contributed by atoms with Gasteiger partial charge in [-0.3, -0.25) is 24.1 Å². The largest absolute Gasteiger partial charge is 0.354 e. The Morgan fingerprint density at radius 2 is 1.76 bits per heavy atom. The van der Waals surface area contributed by atoms with Gasteiger partial charge < -0.3 is 10.2 Å².